The maximum Gasteiger partial charge on any atom is 0.251 e. The second-order valence-electron chi connectivity index (χ2n) is 8.34. The van der Waals surface area contributed by atoms with Crippen molar-refractivity contribution in [1.29, 1.82) is 5.26 Å². The van der Waals surface area contributed by atoms with Gasteiger partial charge in [0, 0.05) is 45.8 Å². The molecule has 0 radical (unpaired) electrons. The van der Waals surface area contributed by atoms with E-state index >= 15 is 0 Å². The number of fused-ring (bicyclic) bond motifs is 3. The van der Waals surface area contributed by atoms with Gasteiger partial charge in [-0.3, -0.25) is 9.59 Å². The van der Waals surface area contributed by atoms with Crippen molar-refractivity contribution < 1.29 is 19.8 Å². The molecule has 1 aromatic carbocycles. The molecule has 1 aliphatic heterocycles. The van der Waals surface area contributed by atoms with Crippen LogP contribution < -0.4 is 10.6 Å². The molecule has 1 amide bonds. The van der Waals surface area contributed by atoms with Gasteiger partial charge in [0.05, 0.1) is 24.8 Å². The zero-order chi connectivity index (χ0) is 21.6. The van der Waals surface area contributed by atoms with Crippen molar-refractivity contribution in [3.8, 4) is 6.07 Å². The van der Waals surface area contributed by atoms with Gasteiger partial charge in [0.15, 0.2) is 5.78 Å². The summed E-state index contributed by atoms with van der Waals surface area (Å²) in [7, 11) is 0. The van der Waals surface area contributed by atoms with Gasteiger partial charge in [-0.15, -0.1) is 0 Å². The van der Waals surface area contributed by atoms with Gasteiger partial charge in [-0.25, -0.2) is 0 Å². The minimum atomic E-state index is -1.03. The van der Waals surface area contributed by atoms with Crippen molar-refractivity contribution in [1.82, 2.24) is 10.6 Å². The highest BCUT2D eigenvalue weighted by Gasteiger charge is 2.47. The molecule has 30 heavy (non-hydrogen) atoms. The Hall–Kier alpha value is -3.21. The lowest BCUT2D eigenvalue weighted by molar-refractivity contribution is 0.0801. The van der Waals surface area contributed by atoms with Crippen LogP contribution in [0.4, 0.5) is 0 Å². The molecule has 0 aromatic heterocycles. The summed E-state index contributed by atoms with van der Waals surface area (Å²) < 4.78 is 0. The van der Waals surface area contributed by atoms with Crippen LogP contribution >= 0.6 is 0 Å². The number of nitrogens with zero attached hydrogens (tertiary/aromatic N) is 1. The summed E-state index contributed by atoms with van der Waals surface area (Å²) in [5, 5.41) is 33.6. The molecule has 4 rings (SSSR count). The first-order chi connectivity index (χ1) is 14.3. The normalized spacial score (nSPS) is 24.1. The number of rotatable bonds is 4. The van der Waals surface area contributed by atoms with Gasteiger partial charge in [-0.1, -0.05) is 19.9 Å². The molecule has 0 bridgehead atoms. The van der Waals surface area contributed by atoms with Gasteiger partial charge in [0.1, 0.15) is 0 Å². The Balaban J connectivity index is 1.69. The number of aliphatic hydroxyl groups is 2. The van der Waals surface area contributed by atoms with Crippen molar-refractivity contribution in [3.63, 3.8) is 0 Å². The Morgan fingerprint density at radius 1 is 1.40 bits per heavy atom. The van der Waals surface area contributed by atoms with E-state index in [0.717, 1.165) is 11.3 Å². The number of benzene rings is 1. The number of nitrogens with one attached hydrogen (secondary N) is 2. The Bertz CT molecular complexity index is 1070. The SMILES string of the molecule is CC1(C)C2=C(C(=O)c3ccc(C(=O)NC[C@@H](O)CO)cc31)[C@H]1C=CC(C#N)=CC1N2. The lowest BCUT2D eigenvalue weighted by Crippen LogP contribution is -2.37. The van der Waals surface area contributed by atoms with E-state index in [9.17, 15) is 20.0 Å². The van der Waals surface area contributed by atoms with Crippen LogP contribution in [0.15, 0.2) is 53.3 Å². The Morgan fingerprint density at radius 3 is 2.87 bits per heavy atom. The number of carbonyl (C=O) groups excluding carboxylic acids is 2. The molecule has 1 aromatic rings. The van der Waals surface area contributed by atoms with Gasteiger partial charge in [0.25, 0.3) is 5.91 Å². The van der Waals surface area contributed by atoms with E-state index in [0.29, 0.717) is 22.3 Å². The summed E-state index contributed by atoms with van der Waals surface area (Å²) >= 11 is 0. The van der Waals surface area contributed by atoms with Crippen molar-refractivity contribution >= 4 is 11.7 Å². The first kappa shape index (κ1) is 20.1. The van der Waals surface area contributed by atoms with Gasteiger partial charge in [-0.2, -0.15) is 5.26 Å². The zero-order valence-corrected chi connectivity index (χ0v) is 16.8. The summed E-state index contributed by atoms with van der Waals surface area (Å²) in [6, 6.07) is 6.99. The zero-order valence-electron chi connectivity index (χ0n) is 16.8. The van der Waals surface area contributed by atoms with Gasteiger partial charge >= 0.3 is 0 Å². The van der Waals surface area contributed by atoms with E-state index in [4.69, 9.17) is 5.11 Å². The molecule has 4 N–H and O–H groups in total. The van der Waals surface area contributed by atoms with E-state index in [1.165, 1.54) is 0 Å². The van der Waals surface area contributed by atoms with E-state index in [1.54, 1.807) is 24.3 Å². The molecule has 7 heteroatoms. The van der Waals surface area contributed by atoms with E-state index in [2.05, 4.69) is 16.7 Å². The molecule has 1 unspecified atom stereocenters. The third-order valence-corrected chi connectivity index (χ3v) is 6.05. The highest BCUT2D eigenvalue weighted by atomic mass is 16.3. The van der Waals surface area contributed by atoms with Crippen LogP contribution in [0, 0.1) is 17.2 Å². The predicted octanol–water partition coefficient (Wildman–Crippen LogP) is 1.11. The molecular formula is C23H23N3O4. The monoisotopic (exact) mass is 405 g/mol. The van der Waals surface area contributed by atoms with E-state index < -0.39 is 18.1 Å². The molecule has 0 saturated carbocycles. The fourth-order valence-corrected chi connectivity index (χ4v) is 4.41. The average molecular weight is 405 g/mol. The highest BCUT2D eigenvalue weighted by Crippen LogP contribution is 2.47. The molecule has 154 valence electrons. The lowest BCUT2D eigenvalue weighted by Gasteiger charge is -2.34. The number of Topliss-reactive ketones (excluding diaryl/α,β-unsaturated/α-hetero) is 1. The van der Waals surface area contributed by atoms with Crippen molar-refractivity contribution in [2.45, 2.75) is 31.4 Å². The summed E-state index contributed by atoms with van der Waals surface area (Å²) in [5.41, 5.74) is 3.26. The Labute approximate surface area is 174 Å². The predicted molar refractivity (Wildman–Crippen MR) is 110 cm³/mol. The molecule has 2 aliphatic carbocycles. The lowest BCUT2D eigenvalue weighted by atomic mass is 9.69. The van der Waals surface area contributed by atoms with Crippen LogP contribution in [0.25, 0.3) is 0 Å². The Kier molecular flexibility index (Phi) is 4.85. The second kappa shape index (κ2) is 7.24. The average Bonchev–Trinajstić information content (AvgIpc) is 3.15. The largest absolute Gasteiger partial charge is 0.394 e. The van der Waals surface area contributed by atoms with E-state index in [-0.39, 0.29) is 30.2 Å². The maximum absolute atomic E-state index is 13.3. The van der Waals surface area contributed by atoms with Gasteiger partial charge in [0.2, 0.25) is 0 Å². The molecule has 3 aliphatic rings. The standard InChI is InChI=1S/C23H23N3O4/c1-23(2)17-8-13(22(30)25-10-14(28)11-27)4-6-15(17)20(29)19-16-5-3-12(9-24)7-18(16)26-21(19)23/h3-8,14,16,18,26-28H,10-11H2,1-2H3,(H,25,30)/t14-,16+,18?/m1/s1. The maximum atomic E-state index is 13.3. The van der Waals surface area contributed by atoms with Gasteiger partial charge < -0.3 is 20.8 Å². The molecule has 0 fully saturated rings. The number of hydrogen-bond donors (Lipinski definition) is 4. The number of amides is 1. The quantitative estimate of drug-likeness (QED) is 0.595. The molecule has 0 saturated heterocycles. The summed E-state index contributed by atoms with van der Waals surface area (Å²) in [6.07, 6.45) is 4.49. The number of aliphatic hydroxyl groups excluding tert-OH is 2. The number of carbonyl (C=O) groups is 2. The highest BCUT2D eigenvalue weighted by molar-refractivity contribution is 6.13. The van der Waals surface area contributed by atoms with Crippen molar-refractivity contribution in [2.75, 3.05) is 13.2 Å². The fourth-order valence-electron chi connectivity index (χ4n) is 4.41. The van der Waals surface area contributed by atoms with E-state index in [1.807, 2.05) is 26.0 Å². The smallest absolute Gasteiger partial charge is 0.251 e. The minimum absolute atomic E-state index is 0.0607. The third kappa shape index (κ3) is 3.05. The number of ketones is 1. The number of allylic oxidation sites excluding steroid dienone is 3. The minimum Gasteiger partial charge on any atom is -0.394 e. The molecule has 0 spiro atoms. The van der Waals surface area contributed by atoms with Gasteiger partial charge in [-0.05, 0) is 35.9 Å². The van der Waals surface area contributed by atoms with Crippen molar-refractivity contribution in [3.05, 3.63) is 70.0 Å². The van der Waals surface area contributed by atoms with Crippen LogP contribution in [0.2, 0.25) is 0 Å². The first-order valence-electron chi connectivity index (χ1n) is 9.85. The molecule has 1 heterocycles. The second-order valence-corrected chi connectivity index (χ2v) is 8.34. The fraction of sp³-hybridized carbons (Fsp3) is 0.348. The molecule has 7 nitrogen and oxygen atoms in total. The van der Waals surface area contributed by atoms with Crippen LogP contribution in [-0.2, 0) is 5.41 Å². The summed E-state index contributed by atoms with van der Waals surface area (Å²) in [4.78, 5) is 25.8. The third-order valence-electron chi connectivity index (χ3n) is 6.05. The van der Waals surface area contributed by atoms with Crippen molar-refractivity contribution in [2.24, 2.45) is 5.92 Å². The van der Waals surface area contributed by atoms with Crippen LogP contribution in [0.3, 0.4) is 0 Å². The topological polar surface area (TPSA) is 122 Å². The first-order valence-corrected chi connectivity index (χ1v) is 9.85. The summed E-state index contributed by atoms with van der Waals surface area (Å²) in [5.74, 6) is -0.577. The number of nitriles is 1. The number of hydrogen-bond acceptors (Lipinski definition) is 6. The summed E-state index contributed by atoms with van der Waals surface area (Å²) in [6.45, 7) is 3.52. The Morgan fingerprint density at radius 2 is 2.17 bits per heavy atom. The van der Waals surface area contributed by atoms with Crippen LogP contribution in [-0.4, -0.2) is 47.2 Å². The molecular weight excluding hydrogens is 382 g/mol. The van der Waals surface area contributed by atoms with Crippen LogP contribution in [0.1, 0.15) is 40.1 Å². The molecule has 3 atom stereocenters. The van der Waals surface area contributed by atoms with Crippen LogP contribution in [0.5, 0.6) is 0 Å².